The maximum Gasteiger partial charge on any atom is 0.257 e. The third kappa shape index (κ3) is 5.32. The van der Waals surface area contributed by atoms with Crippen LogP contribution in [0.4, 0.5) is 21.7 Å². The van der Waals surface area contributed by atoms with Crippen LogP contribution in [0.5, 0.6) is 0 Å². The second kappa shape index (κ2) is 11.1. The van der Waals surface area contributed by atoms with Gasteiger partial charge in [0.25, 0.3) is 11.8 Å². The molecule has 6 rings (SSSR count). The van der Waals surface area contributed by atoms with Gasteiger partial charge in [-0.2, -0.15) is 5.10 Å². The number of halogens is 1. The molecule has 3 heterocycles. The van der Waals surface area contributed by atoms with Crippen molar-refractivity contribution >= 4 is 29.1 Å². The van der Waals surface area contributed by atoms with Crippen LogP contribution in [0.15, 0.2) is 78.9 Å². The summed E-state index contributed by atoms with van der Waals surface area (Å²) in [5.41, 5.74) is 11.2. The van der Waals surface area contributed by atoms with Crippen molar-refractivity contribution in [1.82, 2.24) is 14.8 Å². The minimum absolute atomic E-state index is 0.0123. The van der Waals surface area contributed by atoms with Crippen molar-refractivity contribution < 1.29 is 14.0 Å². The Kier molecular flexibility index (Phi) is 7.25. The molecule has 0 radical (unpaired) electrons. The van der Waals surface area contributed by atoms with Crippen molar-refractivity contribution in [2.24, 2.45) is 5.73 Å². The van der Waals surface area contributed by atoms with Crippen LogP contribution >= 0.6 is 0 Å². The quantitative estimate of drug-likeness (QED) is 0.204. The number of pyridine rings is 1. The van der Waals surface area contributed by atoms with Gasteiger partial charge >= 0.3 is 0 Å². The van der Waals surface area contributed by atoms with E-state index >= 15 is 4.39 Å². The molecule has 8 nitrogen and oxygen atoms in total. The van der Waals surface area contributed by atoms with Gasteiger partial charge in [0.15, 0.2) is 0 Å². The molecule has 1 aliphatic heterocycles. The first-order valence-electron chi connectivity index (χ1n) is 14.5. The lowest BCUT2D eigenvalue weighted by molar-refractivity contribution is 0.0998. The van der Waals surface area contributed by atoms with Gasteiger partial charge in [0, 0.05) is 28.9 Å². The van der Waals surface area contributed by atoms with Gasteiger partial charge in [0.1, 0.15) is 28.7 Å². The number of amides is 2. The zero-order valence-corrected chi connectivity index (χ0v) is 25.0. The van der Waals surface area contributed by atoms with Crippen molar-refractivity contribution in [2.75, 3.05) is 10.6 Å². The van der Waals surface area contributed by atoms with Gasteiger partial charge in [-0.3, -0.25) is 9.59 Å². The van der Waals surface area contributed by atoms with Crippen LogP contribution in [0.2, 0.25) is 0 Å². The first-order valence-corrected chi connectivity index (χ1v) is 14.5. The van der Waals surface area contributed by atoms with Crippen molar-refractivity contribution in [1.29, 1.82) is 0 Å². The van der Waals surface area contributed by atoms with Gasteiger partial charge in [0.2, 0.25) is 0 Å². The average molecular weight is 589 g/mol. The standard InChI is InChI=1S/C35H33FN6O2/c1-20-24(34(44)40-28-12-8-11-26(38-28)21-9-6-5-7-10-21)14-15-25(30(20)36)31-29(32(37)43)33-39-27-16-13-23(35(2,3)4)19-22(27)17-18-42(33)41-31/h5-16,19,39H,17-18H2,1-4H3,(H2,37,43)(H,38,40,44). The summed E-state index contributed by atoms with van der Waals surface area (Å²) in [4.78, 5) is 30.6. The largest absolute Gasteiger partial charge is 0.365 e. The highest BCUT2D eigenvalue weighted by molar-refractivity contribution is 6.07. The van der Waals surface area contributed by atoms with E-state index in [1.165, 1.54) is 24.6 Å². The molecule has 0 bridgehead atoms. The minimum atomic E-state index is -0.730. The third-order valence-electron chi connectivity index (χ3n) is 7.96. The van der Waals surface area contributed by atoms with Crippen molar-refractivity contribution in [3.8, 4) is 22.5 Å². The van der Waals surface area contributed by atoms with E-state index in [1.54, 1.807) is 16.8 Å². The molecule has 0 unspecified atom stereocenters. The fourth-order valence-electron chi connectivity index (χ4n) is 5.49. The van der Waals surface area contributed by atoms with E-state index in [0.717, 1.165) is 16.8 Å². The van der Waals surface area contributed by atoms with Gasteiger partial charge in [-0.15, -0.1) is 0 Å². The number of carbonyl (C=O) groups excluding carboxylic acids is 2. The average Bonchev–Trinajstić information content (AvgIpc) is 3.25. The highest BCUT2D eigenvalue weighted by Gasteiger charge is 2.29. The summed E-state index contributed by atoms with van der Waals surface area (Å²) in [5.74, 6) is -1.14. The van der Waals surface area contributed by atoms with Gasteiger partial charge in [-0.25, -0.2) is 14.1 Å². The first-order chi connectivity index (χ1) is 21.0. The molecule has 5 aromatic rings. The summed E-state index contributed by atoms with van der Waals surface area (Å²) in [7, 11) is 0. The van der Waals surface area contributed by atoms with Crippen molar-refractivity contribution in [3.63, 3.8) is 0 Å². The highest BCUT2D eigenvalue weighted by Crippen LogP contribution is 2.37. The van der Waals surface area contributed by atoms with Crippen LogP contribution in [-0.4, -0.2) is 26.6 Å². The van der Waals surface area contributed by atoms with E-state index in [-0.39, 0.29) is 33.4 Å². The number of benzene rings is 3. The molecular weight excluding hydrogens is 555 g/mol. The normalized spacial score (nSPS) is 12.5. The molecule has 9 heteroatoms. The lowest BCUT2D eigenvalue weighted by Gasteiger charge is -2.21. The van der Waals surface area contributed by atoms with E-state index in [2.05, 4.69) is 53.6 Å². The summed E-state index contributed by atoms with van der Waals surface area (Å²) < 4.78 is 17.7. The predicted molar refractivity (Wildman–Crippen MR) is 171 cm³/mol. The maximum atomic E-state index is 16.0. The molecular formula is C35H33FN6O2. The Morgan fingerprint density at radius 3 is 2.50 bits per heavy atom. The number of hydrogen-bond acceptors (Lipinski definition) is 5. The summed E-state index contributed by atoms with van der Waals surface area (Å²) in [6, 6.07) is 24.1. The number of nitrogens with one attached hydrogen (secondary N) is 2. The molecule has 4 N–H and O–H groups in total. The van der Waals surface area contributed by atoms with Gasteiger partial charge in [-0.05, 0) is 65.8 Å². The summed E-state index contributed by atoms with van der Waals surface area (Å²) in [6.45, 7) is 8.47. The van der Waals surface area contributed by atoms with Crippen molar-refractivity contribution in [3.05, 3.63) is 112 Å². The van der Waals surface area contributed by atoms with Crippen molar-refractivity contribution in [2.45, 2.75) is 46.1 Å². The summed E-state index contributed by atoms with van der Waals surface area (Å²) >= 11 is 0. The molecule has 0 saturated heterocycles. The Bertz CT molecular complexity index is 1920. The molecule has 222 valence electrons. The number of primary amides is 1. The topological polar surface area (TPSA) is 115 Å². The molecule has 0 spiro atoms. The number of nitrogens with two attached hydrogens (primary N) is 1. The highest BCUT2D eigenvalue weighted by atomic mass is 19.1. The van der Waals surface area contributed by atoms with E-state index < -0.39 is 17.6 Å². The van der Waals surface area contributed by atoms with Crippen LogP contribution in [0.1, 0.15) is 58.2 Å². The molecule has 0 saturated carbocycles. The number of carbonyl (C=O) groups is 2. The van der Waals surface area contributed by atoms with E-state index in [9.17, 15) is 9.59 Å². The molecule has 0 fully saturated rings. The SMILES string of the molecule is Cc1c(C(=O)Nc2cccc(-c3ccccc3)n2)ccc(-c2nn3c(c2C(N)=O)Nc2ccc(C(C)(C)C)cc2CC3)c1F. The van der Waals surface area contributed by atoms with Crippen LogP contribution in [0.25, 0.3) is 22.5 Å². The number of hydrogen-bond donors (Lipinski definition) is 3. The maximum absolute atomic E-state index is 16.0. The molecule has 44 heavy (non-hydrogen) atoms. The lowest BCUT2D eigenvalue weighted by atomic mass is 9.85. The smallest absolute Gasteiger partial charge is 0.257 e. The zero-order valence-electron chi connectivity index (χ0n) is 25.0. The Morgan fingerprint density at radius 1 is 1.00 bits per heavy atom. The number of fused-ring (bicyclic) bond motifs is 2. The number of nitrogens with zero attached hydrogens (tertiary/aromatic N) is 3. The van der Waals surface area contributed by atoms with E-state index in [4.69, 9.17) is 5.73 Å². The van der Waals surface area contributed by atoms with Crippen LogP contribution < -0.4 is 16.4 Å². The second-order valence-corrected chi connectivity index (χ2v) is 12.0. The van der Waals surface area contributed by atoms with Gasteiger partial charge in [0.05, 0.1) is 5.69 Å². The Labute approximate surface area is 255 Å². The molecule has 2 aromatic heterocycles. The zero-order chi connectivity index (χ0) is 31.2. The molecule has 3 aromatic carbocycles. The van der Waals surface area contributed by atoms with E-state index in [0.29, 0.717) is 30.3 Å². The predicted octanol–water partition coefficient (Wildman–Crippen LogP) is 7.01. The number of rotatable bonds is 5. The van der Waals surface area contributed by atoms with Gasteiger partial charge in [-0.1, -0.05) is 69.3 Å². The fraction of sp³-hybridized carbons (Fsp3) is 0.200. The lowest BCUT2D eigenvalue weighted by Crippen LogP contribution is -2.16. The number of aryl methyl sites for hydroxylation is 2. The molecule has 0 atom stereocenters. The monoisotopic (exact) mass is 588 g/mol. The summed E-state index contributed by atoms with van der Waals surface area (Å²) in [5, 5.41) is 10.8. The Balaban J connectivity index is 1.31. The summed E-state index contributed by atoms with van der Waals surface area (Å²) in [6.07, 6.45) is 0.665. The second-order valence-electron chi connectivity index (χ2n) is 12.0. The van der Waals surface area contributed by atoms with Crippen LogP contribution in [0, 0.1) is 12.7 Å². The first kappa shape index (κ1) is 28.8. The van der Waals surface area contributed by atoms with Crippen LogP contribution in [-0.2, 0) is 18.4 Å². The fourth-order valence-corrected chi connectivity index (χ4v) is 5.49. The minimum Gasteiger partial charge on any atom is -0.365 e. The number of anilines is 3. The molecule has 1 aliphatic rings. The Hall–Kier alpha value is -5.31. The van der Waals surface area contributed by atoms with E-state index in [1.807, 2.05) is 42.5 Å². The van der Waals surface area contributed by atoms with Gasteiger partial charge < -0.3 is 16.4 Å². The van der Waals surface area contributed by atoms with Crippen LogP contribution in [0.3, 0.4) is 0 Å². The Morgan fingerprint density at radius 2 is 1.77 bits per heavy atom. The third-order valence-corrected chi connectivity index (χ3v) is 7.96. The number of aromatic nitrogens is 3. The molecule has 0 aliphatic carbocycles. The molecule has 2 amide bonds.